The van der Waals surface area contributed by atoms with E-state index in [2.05, 4.69) is 26.2 Å². The van der Waals surface area contributed by atoms with Crippen LogP contribution in [0.15, 0.2) is 22.9 Å². The molecule has 1 saturated carbocycles. The molecule has 0 spiro atoms. The van der Waals surface area contributed by atoms with Crippen molar-refractivity contribution < 1.29 is 9.90 Å². The summed E-state index contributed by atoms with van der Waals surface area (Å²) in [6, 6.07) is 3.46. The number of hydrogen-bond acceptors (Lipinski definition) is 3. The van der Waals surface area contributed by atoms with Crippen molar-refractivity contribution >= 4 is 21.8 Å². The third-order valence-electron chi connectivity index (χ3n) is 3.48. The van der Waals surface area contributed by atoms with E-state index in [4.69, 9.17) is 0 Å². The number of hydrogen-bond donors (Lipinski definition) is 2. The van der Waals surface area contributed by atoms with E-state index in [0.29, 0.717) is 10.2 Å². The Morgan fingerprint density at radius 1 is 1.39 bits per heavy atom. The molecule has 0 aliphatic heterocycles. The zero-order valence-electron chi connectivity index (χ0n) is 10.2. The van der Waals surface area contributed by atoms with Crippen LogP contribution in [0.1, 0.15) is 42.5 Å². The lowest BCUT2D eigenvalue weighted by molar-refractivity contribution is 0.0758. The Kier molecular flexibility index (Phi) is 4.35. The number of halogens is 1. The third kappa shape index (κ3) is 3.09. The van der Waals surface area contributed by atoms with E-state index in [0.717, 1.165) is 25.7 Å². The smallest absolute Gasteiger partial charge is 0.253 e. The minimum Gasteiger partial charge on any atom is -0.394 e. The molecule has 0 radical (unpaired) electrons. The van der Waals surface area contributed by atoms with Gasteiger partial charge in [0.1, 0.15) is 4.60 Å². The Labute approximate surface area is 115 Å². The number of amides is 1. The first-order valence-electron chi connectivity index (χ1n) is 6.20. The van der Waals surface area contributed by atoms with Gasteiger partial charge in [0.15, 0.2) is 0 Å². The number of pyridine rings is 1. The van der Waals surface area contributed by atoms with Crippen LogP contribution in [-0.2, 0) is 0 Å². The molecule has 98 valence electrons. The van der Waals surface area contributed by atoms with E-state index < -0.39 is 5.54 Å². The minimum absolute atomic E-state index is 0.00268. The van der Waals surface area contributed by atoms with E-state index in [1.165, 1.54) is 12.6 Å². The molecule has 0 aromatic carbocycles. The van der Waals surface area contributed by atoms with Crippen LogP contribution in [0.25, 0.3) is 0 Å². The molecule has 0 atom stereocenters. The van der Waals surface area contributed by atoms with Gasteiger partial charge in [-0.25, -0.2) is 4.98 Å². The lowest BCUT2D eigenvalue weighted by atomic mass is 9.82. The minimum atomic E-state index is -0.442. The van der Waals surface area contributed by atoms with E-state index in [-0.39, 0.29) is 12.5 Å². The first kappa shape index (κ1) is 13.5. The number of carbonyl (C=O) groups excluding carboxylic acids is 1. The van der Waals surface area contributed by atoms with Gasteiger partial charge in [0, 0.05) is 6.20 Å². The predicted octanol–water partition coefficient (Wildman–Crippen LogP) is 2.27. The monoisotopic (exact) mass is 312 g/mol. The van der Waals surface area contributed by atoms with Gasteiger partial charge in [0.05, 0.1) is 17.7 Å². The van der Waals surface area contributed by atoms with Crippen molar-refractivity contribution in [3.63, 3.8) is 0 Å². The third-order valence-corrected chi connectivity index (χ3v) is 3.95. The molecule has 1 aromatic rings. The van der Waals surface area contributed by atoms with E-state index >= 15 is 0 Å². The Hall–Kier alpha value is -0.940. The highest BCUT2D eigenvalue weighted by Gasteiger charge is 2.33. The van der Waals surface area contributed by atoms with Gasteiger partial charge in [-0.2, -0.15) is 0 Å². The molecule has 0 unspecified atom stereocenters. The molecular weight excluding hydrogens is 296 g/mol. The predicted molar refractivity (Wildman–Crippen MR) is 72.3 cm³/mol. The van der Waals surface area contributed by atoms with Crippen LogP contribution in [0, 0.1) is 0 Å². The van der Waals surface area contributed by atoms with Crippen LogP contribution >= 0.6 is 15.9 Å². The van der Waals surface area contributed by atoms with E-state index in [1.54, 1.807) is 12.1 Å². The van der Waals surface area contributed by atoms with Gasteiger partial charge in [-0.05, 0) is 40.9 Å². The van der Waals surface area contributed by atoms with Crippen LogP contribution < -0.4 is 5.32 Å². The quantitative estimate of drug-likeness (QED) is 0.842. The van der Waals surface area contributed by atoms with Crippen LogP contribution in [0.4, 0.5) is 0 Å². The summed E-state index contributed by atoms with van der Waals surface area (Å²) in [7, 11) is 0. The van der Waals surface area contributed by atoms with Crippen LogP contribution in [0.2, 0.25) is 0 Å². The Balaban J connectivity index is 2.07. The standard InChI is InChI=1S/C13H17BrN2O2/c14-11-5-4-10(8-15-11)12(18)16-13(9-17)6-2-1-3-7-13/h4-5,8,17H,1-3,6-7,9H2,(H,16,18). The fourth-order valence-corrected chi connectivity index (χ4v) is 2.61. The highest BCUT2D eigenvalue weighted by atomic mass is 79.9. The second-order valence-electron chi connectivity index (χ2n) is 4.82. The number of aromatic nitrogens is 1. The normalized spacial score (nSPS) is 18.3. The molecule has 1 aromatic heterocycles. The molecule has 1 amide bonds. The Morgan fingerprint density at radius 3 is 2.67 bits per heavy atom. The molecule has 1 heterocycles. The second kappa shape index (κ2) is 5.80. The number of nitrogens with zero attached hydrogens (tertiary/aromatic N) is 1. The number of carbonyl (C=O) groups is 1. The first-order chi connectivity index (χ1) is 8.65. The topological polar surface area (TPSA) is 62.2 Å². The Bertz CT molecular complexity index is 414. The summed E-state index contributed by atoms with van der Waals surface area (Å²) >= 11 is 3.23. The number of rotatable bonds is 3. The van der Waals surface area contributed by atoms with Gasteiger partial charge in [-0.1, -0.05) is 19.3 Å². The fraction of sp³-hybridized carbons (Fsp3) is 0.538. The summed E-state index contributed by atoms with van der Waals surface area (Å²) in [6.07, 6.45) is 6.52. The lowest BCUT2D eigenvalue weighted by Crippen LogP contribution is -2.52. The second-order valence-corrected chi connectivity index (χ2v) is 5.64. The van der Waals surface area contributed by atoms with Gasteiger partial charge in [0.2, 0.25) is 0 Å². The number of nitrogens with one attached hydrogen (secondary N) is 1. The van der Waals surface area contributed by atoms with E-state index in [1.807, 2.05) is 0 Å². The highest BCUT2D eigenvalue weighted by molar-refractivity contribution is 9.10. The summed E-state index contributed by atoms with van der Waals surface area (Å²) in [5.41, 5.74) is 0.0826. The molecule has 0 bridgehead atoms. The van der Waals surface area contributed by atoms with Crippen molar-refractivity contribution in [2.24, 2.45) is 0 Å². The first-order valence-corrected chi connectivity index (χ1v) is 6.99. The molecule has 5 heteroatoms. The van der Waals surface area contributed by atoms with Gasteiger partial charge in [-0.3, -0.25) is 4.79 Å². The number of aliphatic hydroxyl groups excluding tert-OH is 1. The molecular formula is C13H17BrN2O2. The van der Waals surface area contributed by atoms with Gasteiger partial charge < -0.3 is 10.4 Å². The highest BCUT2D eigenvalue weighted by Crippen LogP contribution is 2.28. The maximum absolute atomic E-state index is 12.1. The van der Waals surface area contributed by atoms with Crippen LogP contribution in [0.5, 0.6) is 0 Å². The molecule has 2 rings (SSSR count). The maximum atomic E-state index is 12.1. The Morgan fingerprint density at radius 2 is 2.11 bits per heavy atom. The largest absolute Gasteiger partial charge is 0.394 e. The number of aliphatic hydroxyl groups is 1. The van der Waals surface area contributed by atoms with Crippen LogP contribution in [0.3, 0.4) is 0 Å². The van der Waals surface area contributed by atoms with E-state index in [9.17, 15) is 9.90 Å². The summed E-state index contributed by atoms with van der Waals surface area (Å²) in [5.74, 6) is -0.161. The van der Waals surface area contributed by atoms with Crippen molar-refractivity contribution in [3.05, 3.63) is 28.5 Å². The molecule has 1 fully saturated rings. The van der Waals surface area contributed by atoms with Crippen molar-refractivity contribution in [2.75, 3.05) is 6.61 Å². The molecule has 4 nitrogen and oxygen atoms in total. The zero-order chi connectivity index (χ0) is 13.0. The molecule has 1 aliphatic carbocycles. The van der Waals surface area contributed by atoms with Crippen molar-refractivity contribution in [2.45, 2.75) is 37.6 Å². The SMILES string of the molecule is O=C(NC1(CO)CCCCC1)c1ccc(Br)nc1. The molecule has 18 heavy (non-hydrogen) atoms. The maximum Gasteiger partial charge on any atom is 0.253 e. The average molecular weight is 313 g/mol. The van der Waals surface area contributed by atoms with Crippen molar-refractivity contribution in [3.8, 4) is 0 Å². The zero-order valence-corrected chi connectivity index (χ0v) is 11.7. The fourth-order valence-electron chi connectivity index (χ4n) is 2.37. The van der Waals surface area contributed by atoms with Crippen molar-refractivity contribution in [1.82, 2.24) is 10.3 Å². The summed E-state index contributed by atoms with van der Waals surface area (Å²) in [4.78, 5) is 16.1. The summed E-state index contributed by atoms with van der Waals surface area (Å²) < 4.78 is 0.702. The van der Waals surface area contributed by atoms with Crippen molar-refractivity contribution in [1.29, 1.82) is 0 Å². The van der Waals surface area contributed by atoms with Crippen LogP contribution in [-0.4, -0.2) is 28.1 Å². The lowest BCUT2D eigenvalue weighted by Gasteiger charge is -2.36. The molecule has 0 saturated heterocycles. The summed E-state index contributed by atoms with van der Waals surface area (Å²) in [5, 5.41) is 12.5. The summed E-state index contributed by atoms with van der Waals surface area (Å²) in [6.45, 7) is 0.00268. The van der Waals surface area contributed by atoms with Gasteiger partial charge in [-0.15, -0.1) is 0 Å². The molecule has 2 N–H and O–H groups in total. The van der Waals surface area contributed by atoms with Gasteiger partial charge >= 0.3 is 0 Å². The average Bonchev–Trinajstić information content (AvgIpc) is 2.40. The molecule has 1 aliphatic rings. The van der Waals surface area contributed by atoms with Gasteiger partial charge in [0.25, 0.3) is 5.91 Å².